The largest absolute Gasteiger partial charge is 0.457 e. The van der Waals surface area contributed by atoms with E-state index < -0.39 is 0 Å². The second-order valence-corrected chi connectivity index (χ2v) is 8.63. The molecule has 0 unspecified atom stereocenters. The fourth-order valence-corrected chi connectivity index (χ4v) is 5.39. The van der Waals surface area contributed by atoms with E-state index in [1.165, 1.54) is 10.4 Å². The molecule has 2 N–H and O–H groups in total. The minimum atomic E-state index is -0.379. The zero-order chi connectivity index (χ0) is 19.3. The molecule has 0 aliphatic carbocycles. The van der Waals surface area contributed by atoms with E-state index in [4.69, 9.17) is 16.0 Å². The van der Waals surface area contributed by atoms with Crippen molar-refractivity contribution >= 4 is 33.8 Å². The van der Waals surface area contributed by atoms with Gasteiger partial charge in [-0.15, -0.1) is 11.3 Å². The van der Waals surface area contributed by atoms with Crippen molar-refractivity contribution in [2.75, 3.05) is 18.4 Å². The molecule has 1 aromatic carbocycles. The molecule has 28 heavy (non-hydrogen) atoms. The SMILES string of the molecule is CCN1CCc2c(sc3c2C(=O)N[C@H](c2ccc(-c4cccc(Cl)c4)o2)N3)C1. The maximum Gasteiger partial charge on any atom is 0.256 e. The van der Waals surface area contributed by atoms with E-state index >= 15 is 0 Å². The third-order valence-corrected chi connectivity index (χ3v) is 6.76. The van der Waals surface area contributed by atoms with Crippen molar-refractivity contribution in [3.05, 3.63) is 63.2 Å². The second-order valence-electron chi connectivity index (χ2n) is 7.09. The Balaban J connectivity index is 1.43. The van der Waals surface area contributed by atoms with E-state index in [0.717, 1.165) is 47.9 Å². The first kappa shape index (κ1) is 17.8. The maximum absolute atomic E-state index is 12.9. The van der Waals surface area contributed by atoms with Gasteiger partial charge in [0.05, 0.1) is 5.56 Å². The van der Waals surface area contributed by atoms with Crippen LogP contribution in [0.25, 0.3) is 11.3 Å². The summed E-state index contributed by atoms with van der Waals surface area (Å²) in [6, 6.07) is 11.3. The van der Waals surface area contributed by atoms with Crippen LogP contribution in [0.3, 0.4) is 0 Å². The van der Waals surface area contributed by atoms with Crippen molar-refractivity contribution in [2.45, 2.75) is 26.1 Å². The Morgan fingerprint density at radius 2 is 2.18 bits per heavy atom. The first-order valence-corrected chi connectivity index (χ1v) is 10.6. The molecular weight excluding hydrogens is 394 g/mol. The van der Waals surface area contributed by atoms with Gasteiger partial charge in [0, 0.05) is 28.6 Å². The Hall–Kier alpha value is -2.28. The molecule has 2 aliphatic rings. The fraction of sp³-hybridized carbons (Fsp3) is 0.286. The molecule has 4 heterocycles. The zero-order valence-electron chi connectivity index (χ0n) is 15.4. The molecule has 0 saturated heterocycles. The average Bonchev–Trinajstić information content (AvgIpc) is 3.32. The number of halogens is 1. The number of nitrogens with one attached hydrogen (secondary N) is 2. The Labute approximate surface area is 172 Å². The van der Waals surface area contributed by atoms with Crippen LogP contribution in [-0.2, 0) is 13.0 Å². The van der Waals surface area contributed by atoms with Crippen molar-refractivity contribution in [2.24, 2.45) is 0 Å². The fourth-order valence-electron chi connectivity index (χ4n) is 3.89. The molecule has 2 aliphatic heterocycles. The Bertz CT molecular complexity index is 1060. The second kappa shape index (κ2) is 6.95. The van der Waals surface area contributed by atoms with Gasteiger partial charge in [-0.2, -0.15) is 0 Å². The van der Waals surface area contributed by atoms with E-state index in [9.17, 15) is 4.79 Å². The predicted octanol–water partition coefficient (Wildman–Crippen LogP) is 4.89. The lowest BCUT2D eigenvalue weighted by Crippen LogP contribution is -2.38. The number of fused-ring (bicyclic) bond motifs is 3. The molecular formula is C21H20ClN3O2S. The summed E-state index contributed by atoms with van der Waals surface area (Å²) < 4.78 is 6.02. The van der Waals surface area contributed by atoms with Crippen LogP contribution in [0.5, 0.6) is 0 Å². The first-order valence-electron chi connectivity index (χ1n) is 9.42. The van der Waals surface area contributed by atoms with Crippen molar-refractivity contribution in [3.63, 3.8) is 0 Å². The molecule has 5 nitrogen and oxygen atoms in total. The van der Waals surface area contributed by atoms with Gasteiger partial charge in [-0.1, -0.05) is 30.7 Å². The molecule has 0 fully saturated rings. The van der Waals surface area contributed by atoms with E-state index in [1.807, 2.05) is 36.4 Å². The maximum atomic E-state index is 12.9. The number of furan rings is 1. The van der Waals surface area contributed by atoms with Gasteiger partial charge in [-0.05, 0) is 42.8 Å². The molecule has 0 bridgehead atoms. The van der Waals surface area contributed by atoms with Crippen molar-refractivity contribution < 1.29 is 9.21 Å². The van der Waals surface area contributed by atoms with Crippen LogP contribution in [0, 0.1) is 0 Å². The lowest BCUT2D eigenvalue weighted by Gasteiger charge is -2.27. The molecule has 0 radical (unpaired) electrons. The van der Waals surface area contributed by atoms with Gasteiger partial charge in [0.25, 0.3) is 5.91 Å². The number of likely N-dealkylation sites (N-methyl/N-ethyl adjacent to an activating group) is 1. The number of hydrogen-bond acceptors (Lipinski definition) is 5. The Morgan fingerprint density at radius 1 is 1.29 bits per heavy atom. The number of thiophene rings is 1. The van der Waals surface area contributed by atoms with Crippen LogP contribution in [0.2, 0.25) is 5.02 Å². The van der Waals surface area contributed by atoms with Crippen molar-refractivity contribution in [1.82, 2.24) is 10.2 Å². The standard InChI is InChI=1S/C21H20ClN3O2S/c1-2-25-9-8-14-17(11-25)28-21-18(14)20(26)23-19(24-21)16-7-6-15(27-16)12-4-3-5-13(22)10-12/h3-7,10,19,24H,2,8-9,11H2,1H3,(H,23,26)/t19-/m0/s1. The zero-order valence-corrected chi connectivity index (χ0v) is 17.0. The van der Waals surface area contributed by atoms with Gasteiger partial charge in [0.1, 0.15) is 16.5 Å². The number of amides is 1. The first-order chi connectivity index (χ1) is 13.6. The van der Waals surface area contributed by atoms with Crippen LogP contribution in [-0.4, -0.2) is 23.9 Å². The number of rotatable bonds is 3. The summed E-state index contributed by atoms with van der Waals surface area (Å²) in [5, 5.41) is 8.11. The number of hydrogen-bond donors (Lipinski definition) is 2. The normalized spacial score (nSPS) is 18.9. The van der Waals surface area contributed by atoms with E-state index in [-0.39, 0.29) is 12.1 Å². The minimum absolute atomic E-state index is 0.0260. The summed E-state index contributed by atoms with van der Waals surface area (Å²) in [7, 11) is 0. The lowest BCUT2D eigenvalue weighted by atomic mass is 10.0. The number of nitrogens with zero attached hydrogens (tertiary/aromatic N) is 1. The smallest absolute Gasteiger partial charge is 0.256 e. The number of carbonyl (C=O) groups is 1. The highest BCUT2D eigenvalue weighted by molar-refractivity contribution is 7.16. The van der Waals surface area contributed by atoms with Crippen LogP contribution < -0.4 is 10.6 Å². The molecule has 1 amide bonds. The van der Waals surface area contributed by atoms with Crippen LogP contribution in [0.15, 0.2) is 40.8 Å². The Kier molecular flexibility index (Phi) is 4.42. The summed E-state index contributed by atoms with van der Waals surface area (Å²) >= 11 is 7.77. The van der Waals surface area contributed by atoms with Gasteiger partial charge in [-0.25, -0.2) is 0 Å². The summed E-state index contributed by atoms with van der Waals surface area (Å²) in [6.45, 7) is 5.13. The van der Waals surface area contributed by atoms with Crippen molar-refractivity contribution in [1.29, 1.82) is 0 Å². The Morgan fingerprint density at radius 3 is 3.00 bits per heavy atom. The van der Waals surface area contributed by atoms with Gasteiger partial charge in [0.15, 0.2) is 6.17 Å². The summed E-state index contributed by atoms with van der Waals surface area (Å²) in [5.74, 6) is 1.38. The third-order valence-electron chi connectivity index (χ3n) is 5.38. The van der Waals surface area contributed by atoms with Crippen LogP contribution in [0.1, 0.15) is 39.6 Å². The van der Waals surface area contributed by atoms with Gasteiger partial charge in [-0.3, -0.25) is 9.69 Å². The molecule has 5 rings (SSSR count). The molecule has 0 spiro atoms. The van der Waals surface area contributed by atoms with Crippen molar-refractivity contribution in [3.8, 4) is 11.3 Å². The topological polar surface area (TPSA) is 57.5 Å². The van der Waals surface area contributed by atoms with Crippen LogP contribution in [0.4, 0.5) is 5.00 Å². The quantitative estimate of drug-likeness (QED) is 0.641. The summed E-state index contributed by atoms with van der Waals surface area (Å²) in [5.41, 5.74) is 2.92. The summed E-state index contributed by atoms with van der Waals surface area (Å²) in [6.07, 6.45) is 0.546. The molecule has 1 atom stereocenters. The molecule has 2 aromatic heterocycles. The molecule has 3 aromatic rings. The van der Waals surface area contributed by atoms with Gasteiger partial charge in [0.2, 0.25) is 0 Å². The highest BCUT2D eigenvalue weighted by atomic mass is 35.5. The molecule has 144 valence electrons. The number of carbonyl (C=O) groups excluding carboxylic acids is 1. The highest BCUT2D eigenvalue weighted by Crippen LogP contribution is 2.41. The number of anilines is 1. The van der Waals surface area contributed by atoms with Crippen LogP contribution >= 0.6 is 22.9 Å². The minimum Gasteiger partial charge on any atom is -0.457 e. The van der Waals surface area contributed by atoms with Gasteiger partial charge < -0.3 is 15.1 Å². The lowest BCUT2D eigenvalue weighted by molar-refractivity contribution is 0.0930. The number of benzene rings is 1. The highest BCUT2D eigenvalue weighted by Gasteiger charge is 2.34. The van der Waals surface area contributed by atoms with E-state index in [2.05, 4.69) is 22.5 Å². The van der Waals surface area contributed by atoms with E-state index in [0.29, 0.717) is 10.8 Å². The molecule has 7 heteroatoms. The van der Waals surface area contributed by atoms with E-state index in [1.54, 1.807) is 11.3 Å². The molecule has 0 saturated carbocycles. The van der Waals surface area contributed by atoms with Gasteiger partial charge >= 0.3 is 0 Å². The average molecular weight is 414 g/mol. The summed E-state index contributed by atoms with van der Waals surface area (Å²) in [4.78, 5) is 16.6. The predicted molar refractivity (Wildman–Crippen MR) is 112 cm³/mol. The third kappa shape index (κ3) is 3.02. The monoisotopic (exact) mass is 413 g/mol.